The normalized spacial score (nSPS) is 14.7. The first kappa shape index (κ1) is 8.59. The quantitative estimate of drug-likeness (QED) is 0.616. The SMILES string of the molecule is CN(C)C(=O)C1=CC=CC=CN1. The zero-order valence-electron chi connectivity index (χ0n) is 7.24. The molecule has 12 heavy (non-hydrogen) atoms. The van der Waals surface area contributed by atoms with Crippen molar-refractivity contribution < 1.29 is 4.79 Å². The Bertz CT molecular complexity index is 262. The van der Waals surface area contributed by atoms with Gasteiger partial charge in [-0.15, -0.1) is 0 Å². The van der Waals surface area contributed by atoms with Gasteiger partial charge in [0, 0.05) is 20.3 Å². The van der Waals surface area contributed by atoms with Gasteiger partial charge in [-0.3, -0.25) is 4.79 Å². The van der Waals surface area contributed by atoms with E-state index in [1.807, 2.05) is 18.2 Å². The maximum Gasteiger partial charge on any atom is 0.269 e. The number of nitrogens with zero attached hydrogens (tertiary/aromatic N) is 1. The Morgan fingerprint density at radius 3 is 2.75 bits per heavy atom. The van der Waals surface area contributed by atoms with Crippen molar-refractivity contribution in [2.24, 2.45) is 0 Å². The third-order valence-corrected chi connectivity index (χ3v) is 1.46. The second kappa shape index (κ2) is 3.76. The second-order valence-corrected chi connectivity index (χ2v) is 2.67. The van der Waals surface area contributed by atoms with Crippen LogP contribution >= 0.6 is 0 Å². The Labute approximate surface area is 72.1 Å². The second-order valence-electron chi connectivity index (χ2n) is 2.67. The van der Waals surface area contributed by atoms with Crippen LogP contribution in [0.2, 0.25) is 0 Å². The number of hydrogen-bond donors (Lipinski definition) is 1. The summed E-state index contributed by atoms with van der Waals surface area (Å²) in [6.07, 6.45) is 9.02. The molecule has 0 bridgehead atoms. The molecule has 0 radical (unpaired) electrons. The summed E-state index contributed by atoms with van der Waals surface area (Å²) >= 11 is 0. The van der Waals surface area contributed by atoms with Crippen LogP contribution in [0.3, 0.4) is 0 Å². The van der Waals surface area contributed by atoms with E-state index in [9.17, 15) is 4.79 Å². The largest absolute Gasteiger partial charge is 0.357 e. The Morgan fingerprint density at radius 2 is 2.08 bits per heavy atom. The number of allylic oxidation sites excluding steroid dienone is 4. The lowest BCUT2D eigenvalue weighted by Crippen LogP contribution is -2.28. The van der Waals surface area contributed by atoms with Crippen LogP contribution in [-0.4, -0.2) is 24.9 Å². The Hall–Kier alpha value is -1.51. The van der Waals surface area contributed by atoms with Crippen molar-refractivity contribution in [2.45, 2.75) is 0 Å². The number of nitrogens with one attached hydrogen (secondary N) is 1. The molecule has 0 saturated carbocycles. The summed E-state index contributed by atoms with van der Waals surface area (Å²) in [6.45, 7) is 0. The number of carbonyl (C=O) groups is 1. The van der Waals surface area contributed by atoms with Gasteiger partial charge in [0.2, 0.25) is 0 Å². The zero-order valence-corrected chi connectivity index (χ0v) is 7.24. The fourth-order valence-electron chi connectivity index (χ4n) is 0.831. The van der Waals surface area contributed by atoms with Crippen LogP contribution in [0, 0.1) is 0 Å². The Morgan fingerprint density at radius 1 is 1.33 bits per heavy atom. The van der Waals surface area contributed by atoms with E-state index in [1.54, 1.807) is 26.4 Å². The minimum absolute atomic E-state index is 0.0220. The first-order valence-corrected chi connectivity index (χ1v) is 3.73. The molecular formula is C9H12N2O. The molecule has 0 spiro atoms. The average Bonchev–Trinajstić information content (AvgIpc) is 2.30. The smallest absolute Gasteiger partial charge is 0.269 e. The predicted octanol–water partition coefficient (Wildman–Crippen LogP) is 0.632. The van der Waals surface area contributed by atoms with E-state index >= 15 is 0 Å². The van der Waals surface area contributed by atoms with Crippen LogP contribution in [0.4, 0.5) is 0 Å². The summed E-state index contributed by atoms with van der Waals surface area (Å²) in [5, 5.41) is 2.89. The molecule has 0 aliphatic carbocycles. The number of amides is 1. The highest BCUT2D eigenvalue weighted by Crippen LogP contribution is 1.98. The van der Waals surface area contributed by atoms with Crippen LogP contribution in [0.25, 0.3) is 0 Å². The zero-order chi connectivity index (χ0) is 8.97. The average molecular weight is 164 g/mol. The van der Waals surface area contributed by atoms with Crippen molar-refractivity contribution in [3.63, 3.8) is 0 Å². The van der Waals surface area contributed by atoms with Gasteiger partial charge < -0.3 is 10.2 Å². The van der Waals surface area contributed by atoms with Crippen molar-refractivity contribution in [1.29, 1.82) is 0 Å². The highest BCUT2D eigenvalue weighted by atomic mass is 16.2. The van der Waals surface area contributed by atoms with Gasteiger partial charge in [-0.2, -0.15) is 0 Å². The van der Waals surface area contributed by atoms with Crippen molar-refractivity contribution in [2.75, 3.05) is 14.1 Å². The van der Waals surface area contributed by atoms with Gasteiger partial charge in [0.25, 0.3) is 5.91 Å². The molecule has 64 valence electrons. The molecule has 3 nitrogen and oxygen atoms in total. The third-order valence-electron chi connectivity index (χ3n) is 1.46. The molecule has 0 fully saturated rings. The Kier molecular flexibility index (Phi) is 2.69. The van der Waals surface area contributed by atoms with Crippen molar-refractivity contribution >= 4 is 5.91 Å². The van der Waals surface area contributed by atoms with E-state index in [1.165, 1.54) is 4.90 Å². The molecule has 1 aliphatic rings. The van der Waals surface area contributed by atoms with Crippen LogP contribution in [0.15, 0.2) is 36.2 Å². The van der Waals surface area contributed by atoms with E-state index in [4.69, 9.17) is 0 Å². The summed E-state index contributed by atoms with van der Waals surface area (Å²) in [7, 11) is 3.45. The fourth-order valence-corrected chi connectivity index (χ4v) is 0.831. The molecule has 0 unspecified atom stereocenters. The van der Waals surface area contributed by atoms with Gasteiger partial charge >= 0.3 is 0 Å². The molecule has 1 rings (SSSR count). The van der Waals surface area contributed by atoms with E-state index in [0.717, 1.165) is 0 Å². The molecule has 3 heteroatoms. The summed E-state index contributed by atoms with van der Waals surface area (Å²) in [5.74, 6) is -0.0220. The van der Waals surface area contributed by atoms with Gasteiger partial charge in [-0.05, 0) is 12.2 Å². The highest BCUT2D eigenvalue weighted by molar-refractivity contribution is 5.93. The molecule has 1 N–H and O–H groups in total. The topological polar surface area (TPSA) is 32.3 Å². The summed E-state index contributed by atoms with van der Waals surface area (Å²) in [4.78, 5) is 12.9. The molecule has 1 aliphatic heterocycles. The number of rotatable bonds is 1. The minimum atomic E-state index is -0.0220. The number of carbonyl (C=O) groups excluding carboxylic acids is 1. The molecule has 0 atom stereocenters. The minimum Gasteiger partial charge on any atom is -0.357 e. The van der Waals surface area contributed by atoms with Gasteiger partial charge in [-0.1, -0.05) is 12.2 Å². The monoisotopic (exact) mass is 164 g/mol. The number of hydrogen-bond acceptors (Lipinski definition) is 2. The van der Waals surface area contributed by atoms with Crippen molar-refractivity contribution in [3.05, 3.63) is 36.2 Å². The van der Waals surface area contributed by atoms with E-state index in [2.05, 4.69) is 5.32 Å². The molecule has 0 aromatic rings. The third kappa shape index (κ3) is 1.99. The number of likely N-dealkylation sites (N-methyl/N-ethyl adjacent to an activating group) is 1. The lowest BCUT2D eigenvalue weighted by Gasteiger charge is -2.12. The highest BCUT2D eigenvalue weighted by Gasteiger charge is 2.08. The molecule has 1 amide bonds. The first-order valence-electron chi connectivity index (χ1n) is 3.73. The summed E-state index contributed by atoms with van der Waals surface area (Å²) in [6, 6.07) is 0. The van der Waals surface area contributed by atoms with E-state index in [0.29, 0.717) is 5.70 Å². The van der Waals surface area contributed by atoms with Crippen molar-refractivity contribution in [1.82, 2.24) is 10.2 Å². The van der Waals surface area contributed by atoms with Gasteiger partial charge in [0.15, 0.2) is 0 Å². The summed E-state index contributed by atoms with van der Waals surface area (Å²) < 4.78 is 0. The lowest BCUT2D eigenvalue weighted by atomic mass is 10.3. The van der Waals surface area contributed by atoms with E-state index < -0.39 is 0 Å². The van der Waals surface area contributed by atoms with Crippen LogP contribution in [0.5, 0.6) is 0 Å². The Balaban J connectivity index is 2.75. The van der Waals surface area contributed by atoms with Crippen molar-refractivity contribution in [3.8, 4) is 0 Å². The molecule has 0 aromatic heterocycles. The van der Waals surface area contributed by atoms with Gasteiger partial charge in [-0.25, -0.2) is 0 Å². The van der Waals surface area contributed by atoms with Gasteiger partial charge in [0.1, 0.15) is 5.70 Å². The fraction of sp³-hybridized carbons (Fsp3) is 0.222. The molecule has 1 heterocycles. The van der Waals surface area contributed by atoms with E-state index in [-0.39, 0.29) is 5.91 Å². The maximum atomic E-state index is 11.4. The molecule has 0 aromatic carbocycles. The first-order chi connectivity index (χ1) is 5.72. The maximum absolute atomic E-state index is 11.4. The van der Waals surface area contributed by atoms with Crippen LogP contribution < -0.4 is 5.32 Å². The standard InChI is InChI=1S/C9H12N2O/c1-11(2)9(12)8-6-4-3-5-7-10-8/h3-7,10H,1-2H3. The van der Waals surface area contributed by atoms with Crippen LogP contribution in [0.1, 0.15) is 0 Å². The summed E-state index contributed by atoms with van der Waals surface area (Å²) in [5.41, 5.74) is 0.588. The predicted molar refractivity (Wildman–Crippen MR) is 48.2 cm³/mol. The van der Waals surface area contributed by atoms with Gasteiger partial charge in [0.05, 0.1) is 0 Å². The lowest BCUT2D eigenvalue weighted by molar-refractivity contribution is -0.125. The molecular weight excluding hydrogens is 152 g/mol. The molecule has 0 saturated heterocycles. The van der Waals surface area contributed by atoms with Crippen LogP contribution in [-0.2, 0) is 4.79 Å².